The van der Waals surface area contributed by atoms with E-state index in [2.05, 4.69) is 24.2 Å². The lowest BCUT2D eigenvalue weighted by atomic mass is 9.77. The van der Waals surface area contributed by atoms with Gasteiger partial charge in [0.25, 0.3) is 0 Å². The summed E-state index contributed by atoms with van der Waals surface area (Å²) in [5.41, 5.74) is 0. The van der Waals surface area contributed by atoms with Gasteiger partial charge in [-0.05, 0) is 57.4 Å². The molecule has 2 heteroatoms. The lowest BCUT2D eigenvalue weighted by Crippen LogP contribution is -2.54. The molecule has 0 radical (unpaired) electrons. The summed E-state index contributed by atoms with van der Waals surface area (Å²) in [6.07, 6.45) is 14.5. The Morgan fingerprint density at radius 1 is 0.900 bits per heavy atom. The van der Waals surface area contributed by atoms with Crippen LogP contribution in [0.25, 0.3) is 0 Å². The van der Waals surface area contributed by atoms with Crippen LogP contribution < -0.4 is 5.32 Å². The number of hydrogen-bond donors (Lipinski definition) is 1. The zero-order valence-electron chi connectivity index (χ0n) is 13.6. The fourth-order valence-electron chi connectivity index (χ4n) is 5.15. The molecule has 3 rings (SSSR count). The van der Waals surface area contributed by atoms with Crippen molar-refractivity contribution in [2.75, 3.05) is 13.6 Å². The maximum Gasteiger partial charge on any atom is 0.0197 e. The summed E-state index contributed by atoms with van der Waals surface area (Å²) in [7, 11) is 2.38. The van der Waals surface area contributed by atoms with Crippen molar-refractivity contribution < 1.29 is 0 Å². The summed E-state index contributed by atoms with van der Waals surface area (Å²) in [6, 6.07) is 2.45. The summed E-state index contributed by atoms with van der Waals surface area (Å²) in [4.78, 5) is 2.69. The lowest BCUT2D eigenvalue weighted by Gasteiger charge is -2.43. The molecule has 1 saturated heterocycles. The highest BCUT2D eigenvalue weighted by atomic mass is 15.2. The molecule has 0 bridgehead atoms. The number of hydrogen-bond acceptors (Lipinski definition) is 2. The molecule has 0 aromatic heterocycles. The molecule has 20 heavy (non-hydrogen) atoms. The minimum atomic E-state index is 0.758. The SMILES string of the molecule is CC1CCCCC1N(C)CC1CCC2CCCCC2N1. The summed E-state index contributed by atoms with van der Waals surface area (Å²) >= 11 is 0. The second-order valence-electron chi connectivity index (χ2n) is 7.86. The van der Waals surface area contributed by atoms with Crippen LogP contribution >= 0.6 is 0 Å². The molecule has 2 nitrogen and oxygen atoms in total. The molecule has 3 fully saturated rings. The van der Waals surface area contributed by atoms with Crippen LogP contribution in [-0.2, 0) is 0 Å². The van der Waals surface area contributed by atoms with Gasteiger partial charge in [0.2, 0.25) is 0 Å². The van der Waals surface area contributed by atoms with Gasteiger partial charge in [-0.15, -0.1) is 0 Å². The molecule has 0 aromatic rings. The monoisotopic (exact) mass is 278 g/mol. The molecule has 2 aliphatic carbocycles. The van der Waals surface area contributed by atoms with Crippen molar-refractivity contribution >= 4 is 0 Å². The Hall–Kier alpha value is -0.0800. The van der Waals surface area contributed by atoms with Crippen molar-refractivity contribution in [1.29, 1.82) is 0 Å². The van der Waals surface area contributed by atoms with E-state index in [-0.39, 0.29) is 0 Å². The van der Waals surface area contributed by atoms with Crippen LogP contribution in [0.3, 0.4) is 0 Å². The zero-order chi connectivity index (χ0) is 13.9. The third-order valence-corrected chi connectivity index (χ3v) is 6.39. The highest BCUT2D eigenvalue weighted by Crippen LogP contribution is 2.33. The first-order valence-electron chi connectivity index (χ1n) is 9.20. The van der Waals surface area contributed by atoms with E-state index >= 15 is 0 Å². The van der Waals surface area contributed by atoms with E-state index in [1.807, 2.05) is 0 Å². The first-order chi connectivity index (χ1) is 9.74. The molecule has 0 aromatic carbocycles. The van der Waals surface area contributed by atoms with E-state index in [1.54, 1.807) is 0 Å². The van der Waals surface area contributed by atoms with Crippen molar-refractivity contribution in [2.24, 2.45) is 11.8 Å². The highest BCUT2D eigenvalue weighted by molar-refractivity contribution is 4.91. The van der Waals surface area contributed by atoms with E-state index in [9.17, 15) is 0 Å². The second-order valence-corrected chi connectivity index (χ2v) is 7.86. The Kier molecular flexibility index (Phi) is 5.04. The van der Waals surface area contributed by atoms with Gasteiger partial charge in [0.1, 0.15) is 0 Å². The zero-order valence-corrected chi connectivity index (χ0v) is 13.6. The molecule has 116 valence electrons. The van der Waals surface area contributed by atoms with E-state index in [0.29, 0.717) is 0 Å². The molecule has 0 amide bonds. The van der Waals surface area contributed by atoms with Gasteiger partial charge >= 0.3 is 0 Å². The minimum absolute atomic E-state index is 0.758. The van der Waals surface area contributed by atoms with Gasteiger partial charge in [0.05, 0.1) is 0 Å². The molecular formula is C18H34N2. The molecule has 3 aliphatic rings. The summed E-state index contributed by atoms with van der Waals surface area (Å²) in [6.45, 7) is 3.74. The Labute approximate surface area is 125 Å². The van der Waals surface area contributed by atoms with Gasteiger partial charge in [0, 0.05) is 24.7 Å². The topological polar surface area (TPSA) is 15.3 Å². The average Bonchev–Trinajstić information content (AvgIpc) is 2.47. The van der Waals surface area contributed by atoms with Crippen molar-refractivity contribution in [2.45, 2.75) is 89.3 Å². The Bertz CT molecular complexity index is 304. The van der Waals surface area contributed by atoms with Crippen LogP contribution in [-0.4, -0.2) is 36.6 Å². The van der Waals surface area contributed by atoms with E-state index < -0.39 is 0 Å². The van der Waals surface area contributed by atoms with Gasteiger partial charge in [-0.2, -0.15) is 0 Å². The van der Waals surface area contributed by atoms with Gasteiger partial charge in [0.15, 0.2) is 0 Å². The van der Waals surface area contributed by atoms with Crippen LogP contribution in [0.1, 0.15) is 71.1 Å². The molecular weight excluding hydrogens is 244 g/mol. The maximum absolute atomic E-state index is 4.00. The number of rotatable bonds is 3. The van der Waals surface area contributed by atoms with Gasteiger partial charge < -0.3 is 10.2 Å². The van der Waals surface area contributed by atoms with E-state index in [1.165, 1.54) is 70.8 Å². The molecule has 5 unspecified atom stereocenters. The Balaban J connectivity index is 1.50. The normalized spacial score (nSPS) is 42.5. The summed E-state index contributed by atoms with van der Waals surface area (Å²) in [5, 5.41) is 4.00. The van der Waals surface area contributed by atoms with Crippen molar-refractivity contribution in [3.8, 4) is 0 Å². The third-order valence-electron chi connectivity index (χ3n) is 6.39. The van der Waals surface area contributed by atoms with Crippen molar-refractivity contribution in [1.82, 2.24) is 10.2 Å². The van der Waals surface area contributed by atoms with Crippen LogP contribution in [0.4, 0.5) is 0 Å². The van der Waals surface area contributed by atoms with Gasteiger partial charge in [-0.1, -0.05) is 32.6 Å². The Morgan fingerprint density at radius 3 is 2.50 bits per heavy atom. The highest BCUT2D eigenvalue weighted by Gasteiger charge is 2.33. The molecule has 1 heterocycles. The quantitative estimate of drug-likeness (QED) is 0.844. The molecule has 5 atom stereocenters. The van der Waals surface area contributed by atoms with Crippen molar-refractivity contribution in [3.63, 3.8) is 0 Å². The van der Waals surface area contributed by atoms with E-state index in [4.69, 9.17) is 0 Å². The number of nitrogens with zero attached hydrogens (tertiary/aromatic N) is 1. The predicted molar refractivity (Wildman–Crippen MR) is 86.0 cm³/mol. The third kappa shape index (κ3) is 3.39. The fraction of sp³-hybridized carbons (Fsp3) is 1.00. The van der Waals surface area contributed by atoms with Crippen molar-refractivity contribution in [3.05, 3.63) is 0 Å². The first-order valence-corrected chi connectivity index (χ1v) is 9.20. The van der Waals surface area contributed by atoms with Crippen LogP contribution in [0.2, 0.25) is 0 Å². The fourth-order valence-corrected chi connectivity index (χ4v) is 5.15. The maximum atomic E-state index is 4.00. The van der Waals surface area contributed by atoms with Gasteiger partial charge in [-0.25, -0.2) is 0 Å². The average molecular weight is 278 g/mol. The second kappa shape index (κ2) is 6.79. The number of fused-ring (bicyclic) bond motifs is 1. The Morgan fingerprint density at radius 2 is 1.65 bits per heavy atom. The molecule has 0 spiro atoms. The number of likely N-dealkylation sites (N-methyl/N-ethyl adjacent to an activating group) is 1. The lowest BCUT2D eigenvalue weighted by molar-refractivity contribution is 0.100. The van der Waals surface area contributed by atoms with Crippen LogP contribution in [0, 0.1) is 11.8 Å². The smallest absolute Gasteiger partial charge is 0.0197 e. The molecule has 1 N–H and O–H groups in total. The first kappa shape index (κ1) is 14.8. The predicted octanol–water partition coefficient (Wildman–Crippen LogP) is 3.81. The van der Waals surface area contributed by atoms with Crippen LogP contribution in [0.15, 0.2) is 0 Å². The standard InChI is InChI=1S/C18H34N2/c1-14-7-3-6-10-18(14)20(2)13-16-12-11-15-8-4-5-9-17(15)19-16/h14-19H,3-13H2,1-2H3. The largest absolute Gasteiger partial charge is 0.310 e. The number of nitrogens with one attached hydrogen (secondary N) is 1. The van der Waals surface area contributed by atoms with Gasteiger partial charge in [-0.3, -0.25) is 0 Å². The minimum Gasteiger partial charge on any atom is -0.310 e. The summed E-state index contributed by atoms with van der Waals surface area (Å²) < 4.78 is 0. The number of piperidine rings is 1. The summed E-state index contributed by atoms with van der Waals surface area (Å²) in [5.74, 6) is 1.90. The van der Waals surface area contributed by atoms with Crippen LogP contribution in [0.5, 0.6) is 0 Å². The van der Waals surface area contributed by atoms with E-state index in [0.717, 1.165) is 30.0 Å². The molecule has 2 saturated carbocycles. The molecule has 1 aliphatic heterocycles.